The number of halogens is 2. The average molecular weight is 383 g/mol. The van der Waals surface area contributed by atoms with E-state index in [-0.39, 0.29) is 18.1 Å². The van der Waals surface area contributed by atoms with Crippen LogP contribution < -0.4 is 5.32 Å². The molecule has 94 valence electrons. The van der Waals surface area contributed by atoms with Crippen LogP contribution in [0.1, 0.15) is 29.6 Å². The minimum absolute atomic E-state index is 0.0345. The smallest absolute Gasteiger partial charge is 0.253 e. The Morgan fingerprint density at radius 1 is 1.53 bits per heavy atom. The molecule has 1 heterocycles. The van der Waals surface area contributed by atoms with Crippen LogP contribution in [-0.4, -0.2) is 25.2 Å². The van der Waals surface area contributed by atoms with Gasteiger partial charge in [0.15, 0.2) is 0 Å². The predicted molar refractivity (Wildman–Crippen MR) is 75.6 cm³/mol. The molecule has 1 aliphatic rings. The van der Waals surface area contributed by atoms with E-state index in [1.54, 1.807) is 7.11 Å². The average Bonchev–Trinajstić information content (AvgIpc) is 2.84. The number of carbonyl (C=O) groups is 1. The topological polar surface area (TPSA) is 38.3 Å². The molecule has 1 fully saturated rings. The molecule has 2 atom stereocenters. The van der Waals surface area contributed by atoms with Crippen molar-refractivity contribution in [1.82, 2.24) is 5.32 Å². The summed E-state index contributed by atoms with van der Waals surface area (Å²) in [5.41, 5.74) is 0.684. The van der Waals surface area contributed by atoms with Crippen molar-refractivity contribution in [1.29, 1.82) is 0 Å². The molecule has 2 unspecified atom stereocenters. The second kappa shape index (κ2) is 5.82. The third kappa shape index (κ3) is 3.10. The molecule has 1 aliphatic carbocycles. The van der Waals surface area contributed by atoms with E-state index in [1.165, 1.54) is 11.3 Å². The molecule has 2 rings (SSSR count). The molecule has 0 saturated heterocycles. The molecular weight excluding hydrogens is 370 g/mol. The number of hydrogen-bond donors (Lipinski definition) is 1. The minimum atomic E-state index is -0.0345. The van der Waals surface area contributed by atoms with E-state index in [2.05, 4.69) is 37.2 Å². The van der Waals surface area contributed by atoms with Gasteiger partial charge >= 0.3 is 0 Å². The van der Waals surface area contributed by atoms with Gasteiger partial charge in [0.1, 0.15) is 0 Å². The highest BCUT2D eigenvalue weighted by Gasteiger charge is 2.29. The summed E-state index contributed by atoms with van der Waals surface area (Å²) in [6.07, 6.45) is 3.28. The third-order valence-corrected chi connectivity index (χ3v) is 5.31. The number of thiophene rings is 1. The molecule has 1 aromatic rings. The maximum absolute atomic E-state index is 12.1. The van der Waals surface area contributed by atoms with E-state index in [0.717, 1.165) is 26.8 Å². The lowest BCUT2D eigenvalue weighted by molar-refractivity contribution is 0.0722. The van der Waals surface area contributed by atoms with Crippen LogP contribution in [0, 0.1) is 0 Å². The highest BCUT2D eigenvalue weighted by Crippen LogP contribution is 2.32. The molecular formula is C11H13Br2NO2S. The first-order chi connectivity index (χ1) is 8.11. The molecule has 1 amide bonds. The van der Waals surface area contributed by atoms with Gasteiger partial charge in [0.2, 0.25) is 0 Å². The number of rotatable bonds is 3. The van der Waals surface area contributed by atoms with Crippen molar-refractivity contribution in [2.45, 2.75) is 31.4 Å². The van der Waals surface area contributed by atoms with E-state index in [1.807, 2.05) is 6.07 Å². The first-order valence-electron chi connectivity index (χ1n) is 5.40. The number of amides is 1. The van der Waals surface area contributed by atoms with Gasteiger partial charge in [-0.15, -0.1) is 11.3 Å². The van der Waals surface area contributed by atoms with Crippen LogP contribution in [0.5, 0.6) is 0 Å². The van der Waals surface area contributed by atoms with Gasteiger partial charge in [-0.2, -0.15) is 0 Å². The number of methoxy groups -OCH3 is 1. The van der Waals surface area contributed by atoms with Crippen molar-refractivity contribution in [3.05, 3.63) is 19.2 Å². The summed E-state index contributed by atoms with van der Waals surface area (Å²) in [6, 6.07) is 1.97. The largest absolute Gasteiger partial charge is 0.379 e. The molecule has 1 aromatic heterocycles. The quantitative estimate of drug-likeness (QED) is 0.867. The van der Waals surface area contributed by atoms with Crippen molar-refractivity contribution in [2.24, 2.45) is 0 Å². The second-order valence-corrected chi connectivity index (χ2v) is 7.77. The summed E-state index contributed by atoms with van der Waals surface area (Å²) >= 11 is 8.27. The highest BCUT2D eigenvalue weighted by atomic mass is 79.9. The summed E-state index contributed by atoms with van der Waals surface area (Å²) in [5, 5.41) is 3.04. The molecule has 17 heavy (non-hydrogen) atoms. The van der Waals surface area contributed by atoms with Crippen molar-refractivity contribution < 1.29 is 9.53 Å². The van der Waals surface area contributed by atoms with Crippen LogP contribution in [-0.2, 0) is 4.74 Å². The van der Waals surface area contributed by atoms with Crippen molar-refractivity contribution >= 4 is 49.1 Å². The lowest BCUT2D eigenvalue weighted by Crippen LogP contribution is -2.40. The first-order valence-corrected chi connectivity index (χ1v) is 7.80. The number of carbonyl (C=O) groups excluding carboxylic acids is 1. The van der Waals surface area contributed by atoms with Gasteiger partial charge in [0.05, 0.1) is 25.3 Å². The van der Waals surface area contributed by atoms with Crippen LogP contribution >= 0.6 is 43.2 Å². The van der Waals surface area contributed by atoms with E-state index in [0.29, 0.717) is 5.56 Å². The first kappa shape index (κ1) is 13.5. The summed E-state index contributed by atoms with van der Waals surface area (Å²) in [6.45, 7) is 0. The van der Waals surface area contributed by atoms with Gasteiger partial charge in [0.25, 0.3) is 5.91 Å². The minimum Gasteiger partial charge on any atom is -0.379 e. The van der Waals surface area contributed by atoms with Crippen molar-refractivity contribution in [3.8, 4) is 0 Å². The Bertz CT molecular complexity index is 422. The predicted octanol–water partition coefficient (Wildman–Crippen LogP) is 3.57. The zero-order chi connectivity index (χ0) is 12.4. The summed E-state index contributed by atoms with van der Waals surface area (Å²) in [7, 11) is 1.70. The molecule has 3 nitrogen and oxygen atoms in total. The van der Waals surface area contributed by atoms with E-state index in [4.69, 9.17) is 4.74 Å². The zero-order valence-corrected chi connectivity index (χ0v) is 13.3. The van der Waals surface area contributed by atoms with E-state index < -0.39 is 0 Å². The summed E-state index contributed by atoms with van der Waals surface area (Å²) < 4.78 is 7.17. The SMILES string of the molecule is COC1CCCC1NC(=O)c1cc(Br)sc1Br. The Balaban J connectivity index is 2.04. The summed E-state index contributed by atoms with van der Waals surface area (Å²) in [4.78, 5) is 12.1. The number of nitrogens with one attached hydrogen (secondary N) is 1. The maximum Gasteiger partial charge on any atom is 0.253 e. The Hall–Kier alpha value is 0.0900. The number of ether oxygens (including phenoxy) is 1. The molecule has 0 aliphatic heterocycles. The Morgan fingerprint density at radius 3 is 2.88 bits per heavy atom. The fourth-order valence-corrected chi connectivity index (χ4v) is 4.91. The van der Waals surface area contributed by atoms with Crippen LogP contribution in [0.3, 0.4) is 0 Å². The molecule has 1 saturated carbocycles. The lowest BCUT2D eigenvalue weighted by Gasteiger charge is -2.19. The van der Waals surface area contributed by atoms with E-state index in [9.17, 15) is 4.79 Å². The standard InChI is InChI=1S/C11H13Br2NO2S/c1-16-8-4-2-3-7(8)14-11(15)6-5-9(12)17-10(6)13/h5,7-8H,2-4H2,1H3,(H,14,15). The van der Waals surface area contributed by atoms with Crippen LogP contribution in [0.25, 0.3) is 0 Å². The van der Waals surface area contributed by atoms with Crippen molar-refractivity contribution in [3.63, 3.8) is 0 Å². The monoisotopic (exact) mass is 381 g/mol. The lowest BCUT2D eigenvalue weighted by atomic mass is 10.2. The molecule has 0 radical (unpaired) electrons. The van der Waals surface area contributed by atoms with Crippen LogP contribution in [0.2, 0.25) is 0 Å². The van der Waals surface area contributed by atoms with Gasteiger partial charge in [-0.1, -0.05) is 0 Å². The molecule has 0 bridgehead atoms. The Kier molecular flexibility index (Phi) is 4.63. The van der Waals surface area contributed by atoms with Crippen molar-refractivity contribution in [2.75, 3.05) is 7.11 Å². The summed E-state index contributed by atoms with van der Waals surface area (Å²) in [5.74, 6) is -0.0345. The second-order valence-electron chi connectivity index (χ2n) is 4.02. The van der Waals surface area contributed by atoms with Crippen LogP contribution in [0.4, 0.5) is 0 Å². The Labute approximate surface area is 121 Å². The molecule has 6 heteroatoms. The normalized spacial score (nSPS) is 23.9. The fraction of sp³-hybridized carbons (Fsp3) is 0.545. The van der Waals surface area contributed by atoms with Gasteiger partial charge in [0, 0.05) is 7.11 Å². The number of hydrogen-bond acceptors (Lipinski definition) is 3. The van der Waals surface area contributed by atoms with Gasteiger partial charge in [-0.25, -0.2) is 0 Å². The molecule has 0 aromatic carbocycles. The van der Waals surface area contributed by atoms with E-state index >= 15 is 0 Å². The molecule has 0 spiro atoms. The third-order valence-electron chi connectivity index (χ3n) is 2.97. The van der Waals surface area contributed by atoms with Gasteiger partial charge in [-0.3, -0.25) is 4.79 Å². The maximum atomic E-state index is 12.1. The van der Waals surface area contributed by atoms with Crippen LogP contribution in [0.15, 0.2) is 13.6 Å². The highest BCUT2D eigenvalue weighted by molar-refractivity contribution is 9.12. The fourth-order valence-electron chi connectivity index (χ4n) is 2.11. The van der Waals surface area contributed by atoms with Gasteiger partial charge < -0.3 is 10.1 Å². The van der Waals surface area contributed by atoms with Gasteiger partial charge in [-0.05, 0) is 57.2 Å². The Morgan fingerprint density at radius 2 is 2.29 bits per heavy atom. The zero-order valence-electron chi connectivity index (χ0n) is 9.33. The molecule has 1 N–H and O–H groups in total.